The number of nitrogens with one attached hydrogen (secondary N) is 2. The molecule has 5 nitrogen and oxygen atoms in total. The molecule has 1 heterocycles. The van der Waals surface area contributed by atoms with E-state index < -0.39 is 0 Å². The fraction of sp³-hybridized carbons (Fsp3) is 0.409. The summed E-state index contributed by atoms with van der Waals surface area (Å²) in [5.41, 5.74) is 3.06. The summed E-state index contributed by atoms with van der Waals surface area (Å²) in [6.45, 7) is 9.32. The summed E-state index contributed by atoms with van der Waals surface area (Å²) in [4.78, 5) is 12.6. The molecule has 0 bridgehead atoms. The molecule has 0 aromatic heterocycles. The first-order valence-electron chi connectivity index (χ1n) is 9.47. The van der Waals surface area contributed by atoms with Crippen molar-refractivity contribution in [2.45, 2.75) is 39.8 Å². The highest BCUT2D eigenvalue weighted by Crippen LogP contribution is 2.34. The molecular formula is C22H28N2O3. The number of amides is 1. The summed E-state index contributed by atoms with van der Waals surface area (Å²) in [6, 6.07) is 13.5. The van der Waals surface area contributed by atoms with Crippen LogP contribution in [0.4, 0.5) is 5.69 Å². The molecule has 1 amide bonds. The molecule has 1 aliphatic rings. The van der Waals surface area contributed by atoms with Gasteiger partial charge in [0, 0.05) is 11.7 Å². The van der Waals surface area contributed by atoms with Crippen molar-refractivity contribution in [3.63, 3.8) is 0 Å². The molecule has 0 spiro atoms. The second kappa shape index (κ2) is 8.44. The van der Waals surface area contributed by atoms with Gasteiger partial charge in [0.05, 0.1) is 6.04 Å². The van der Waals surface area contributed by atoms with Crippen molar-refractivity contribution in [3.05, 3.63) is 53.6 Å². The van der Waals surface area contributed by atoms with E-state index in [0.717, 1.165) is 28.3 Å². The number of ether oxygens (including phenoxy) is 2. The normalized spacial score (nSPS) is 15.3. The number of rotatable bonds is 6. The number of benzene rings is 2. The molecule has 0 saturated heterocycles. The van der Waals surface area contributed by atoms with Crippen LogP contribution in [0.2, 0.25) is 0 Å². The Kier molecular flexibility index (Phi) is 6.01. The van der Waals surface area contributed by atoms with E-state index >= 15 is 0 Å². The summed E-state index contributed by atoms with van der Waals surface area (Å²) in [5.74, 6) is 1.80. The summed E-state index contributed by atoms with van der Waals surface area (Å²) in [7, 11) is 0. The maximum absolute atomic E-state index is 12.6. The number of anilines is 1. The van der Waals surface area contributed by atoms with E-state index in [1.807, 2.05) is 56.3 Å². The zero-order chi connectivity index (χ0) is 19.4. The van der Waals surface area contributed by atoms with E-state index in [0.29, 0.717) is 19.1 Å². The number of carbonyl (C=O) groups is 1. The smallest absolute Gasteiger partial charge is 0.241 e. The minimum Gasteiger partial charge on any atom is -0.486 e. The van der Waals surface area contributed by atoms with Crippen LogP contribution < -0.4 is 20.1 Å². The molecule has 27 heavy (non-hydrogen) atoms. The number of carbonyl (C=O) groups excluding carboxylic acids is 1. The van der Waals surface area contributed by atoms with Crippen LogP contribution in [0.5, 0.6) is 11.5 Å². The number of hydrogen-bond donors (Lipinski definition) is 2. The van der Waals surface area contributed by atoms with Crippen molar-refractivity contribution in [2.75, 3.05) is 18.5 Å². The predicted molar refractivity (Wildman–Crippen MR) is 107 cm³/mol. The maximum atomic E-state index is 12.6. The molecular weight excluding hydrogens is 340 g/mol. The number of hydrogen-bond acceptors (Lipinski definition) is 4. The van der Waals surface area contributed by atoms with Crippen LogP contribution in [-0.2, 0) is 4.79 Å². The number of aryl methyl sites for hydroxylation is 1. The van der Waals surface area contributed by atoms with Gasteiger partial charge in [0.25, 0.3) is 0 Å². The molecule has 5 heteroatoms. The number of fused-ring (bicyclic) bond motifs is 1. The lowest BCUT2D eigenvalue weighted by atomic mass is 9.94. The van der Waals surface area contributed by atoms with Gasteiger partial charge < -0.3 is 14.8 Å². The van der Waals surface area contributed by atoms with E-state index in [2.05, 4.69) is 24.5 Å². The van der Waals surface area contributed by atoms with Gasteiger partial charge in [0.15, 0.2) is 11.5 Å². The highest BCUT2D eigenvalue weighted by Gasteiger charge is 2.23. The average Bonchev–Trinajstić information content (AvgIpc) is 2.67. The van der Waals surface area contributed by atoms with Gasteiger partial charge in [-0.15, -0.1) is 0 Å². The van der Waals surface area contributed by atoms with Crippen LogP contribution in [0.1, 0.15) is 37.9 Å². The predicted octanol–water partition coefficient (Wildman–Crippen LogP) is 4.08. The second-order valence-corrected chi connectivity index (χ2v) is 7.37. The van der Waals surface area contributed by atoms with Gasteiger partial charge in [0.2, 0.25) is 5.91 Å². The van der Waals surface area contributed by atoms with E-state index in [-0.39, 0.29) is 18.0 Å². The van der Waals surface area contributed by atoms with Gasteiger partial charge in [0.1, 0.15) is 13.2 Å². The van der Waals surface area contributed by atoms with Crippen LogP contribution in [0.25, 0.3) is 0 Å². The summed E-state index contributed by atoms with van der Waals surface area (Å²) in [5, 5.41) is 6.43. The van der Waals surface area contributed by atoms with Crippen LogP contribution in [0.3, 0.4) is 0 Å². The Hall–Kier alpha value is -2.53. The first-order valence-corrected chi connectivity index (χ1v) is 9.47. The molecule has 2 N–H and O–H groups in total. The lowest BCUT2D eigenvalue weighted by Gasteiger charge is -2.28. The van der Waals surface area contributed by atoms with Gasteiger partial charge in [-0.2, -0.15) is 0 Å². The van der Waals surface area contributed by atoms with Gasteiger partial charge in [-0.05, 0) is 49.6 Å². The van der Waals surface area contributed by atoms with E-state index in [4.69, 9.17) is 9.47 Å². The monoisotopic (exact) mass is 368 g/mol. The Labute approximate surface area is 161 Å². The Morgan fingerprint density at radius 1 is 0.963 bits per heavy atom. The largest absolute Gasteiger partial charge is 0.486 e. The average molecular weight is 368 g/mol. The van der Waals surface area contributed by atoms with E-state index in [1.165, 1.54) is 0 Å². The molecule has 144 valence electrons. The fourth-order valence-electron chi connectivity index (χ4n) is 3.16. The molecule has 0 radical (unpaired) electrons. The molecule has 2 aromatic rings. The van der Waals surface area contributed by atoms with E-state index in [9.17, 15) is 4.79 Å². The molecule has 0 saturated carbocycles. The molecule has 0 aliphatic carbocycles. The Bertz CT molecular complexity index is 787. The zero-order valence-corrected chi connectivity index (χ0v) is 16.4. The van der Waals surface area contributed by atoms with Gasteiger partial charge in [-0.1, -0.05) is 37.6 Å². The minimum absolute atomic E-state index is 0.0274. The van der Waals surface area contributed by atoms with Crippen LogP contribution in [0, 0.1) is 12.8 Å². The lowest BCUT2D eigenvalue weighted by molar-refractivity contribution is -0.118. The maximum Gasteiger partial charge on any atom is 0.241 e. The van der Waals surface area contributed by atoms with Crippen molar-refractivity contribution in [2.24, 2.45) is 5.92 Å². The third kappa shape index (κ3) is 4.80. The minimum atomic E-state index is -0.341. The van der Waals surface area contributed by atoms with Crippen LogP contribution in [0.15, 0.2) is 42.5 Å². The quantitative estimate of drug-likeness (QED) is 0.807. The van der Waals surface area contributed by atoms with Gasteiger partial charge >= 0.3 is 0 Å². The van der Waals surface area contributed by atoms with Crippen molar-refractivity contribution in [1.82, 2.24) is 5.32 Å². The van der Waals surface area contributed by atoms with Crippen molar-refractivity contribution >= 4 is 11.6 Å². The summed E-state index contributed by atoms with van der Waals surface area (Å²) < 4.78 is 11.3. The SMILES string of the molecule is Cc1ccc(NC(=O)[C@H](C)N[C@@H](c2ccc3c(c2)OCCO3)C(C)C)cc1. The van der Waals surface area contributed by atoms with Crippen LogP contribution >= 0.6 is 0 Å². The van der Waals surface area contributed by atoms with Gasteiger partial charge in [-0.3, -0.25) is 10.1 Å². The van der Waals surface area contributed by atoms with E-state index in [1.54, 1.807) is 0 Å². The van der Waals surface area contributed by atoms with Crippen molar-refractivity contribution in [3.8, 4) is 11.5 Å². The Balaban J connectivity index is 1.70. The van der Waals surface area contributed by atoms with Crippen molar-refractivity contribution in [1.29, 1.82) is 0 Å². The second-order valence-electron chi connectivity index (χ2n) is 7.37. The first kappa shape index (κ1) is 19.2. The molecule has 0 unspecified atom stereocenters. The molecule has 0 fully saturated rings. The van der Waals surface area contributed by atoms with Crippen molar-refractivity contribution < 1.29 is 14.3 Å². The fourth-order valence-corrected chi connectivity index (χ4v) is 3.16. The molecule has 2 atom stereocenters. The highest BCUT2D eigenvalue weighted by molar-refractivity contribution is 5.94. The lowest BCUT2D eigenvalue weighted by Crippen LogP contribution is -2.41. The third-order valence-electron chi connectivity index (χ3n) is 4.73. The zero-order valence-electron chi connectivity index (χ0n) is 16.4. The Morgan fingerprint density at radius 2 is 1.63 bits per heavy atom. The first-order chi connectivity index (χ1) is 12.9. The van der Waals surface area contributed by atoms with Crippen LogP contribution in [-0.4, -0.2) is 25.2 Å². The Morgan fingerprint density at radius 3 is 2.30 bits per heavy atom. The topological polar surface area (TPSA) is 59.6 Å². The third-order valence-corrected chi connectivity index (χ3v) is 4.73. The van der Waals surface area contributed by atoms with Gasteiger partial charge in [-0.25, -0.2) is 0 Å². The summed E-state index contributed by atoms with van der Waals surface area (Å²) >= 11 is 0. The standard InChI is InChI=1S/C22H28N2O3/c1-14(2)21(17-7-10-19-20(13-17)27-12-11-26-19)23-16(4)22(25)24-18-8-5-15(3)6-9-18/h5-10,13-14,16,21,23H,11-12H2,1-4H3,(H,24,25)/t16-,21+/m0/s1. The molecule has 2 aromatic carbocycles. The molecule has 1 aliphatic heterocycles. The summed E-state index contributed by atoms with van der Waals surface area (Å²) in [6.07, 6.45) is 0. The molecule has 3 rings (SSSR count). The highest BCUT2D eigenvalue weighted by atomic mass is 16.6.